The molecule has 2 fully saturated rings. The molecule has 0 aromatic heterocycles. The van der Waals surface area contributed by atoms with Gasteiger partial charge in [-0.3, -0.25) is 14.5 Å². The second kappa shape index (κ2) is 20.0. The highest BCUT2D eigenvalue weighted by Crippen LogP contribution is 2.48. The minimum Gasteiger partial charge on any atom is -0.490 e. The number of hydrogen-bond acceptors (Lipinski definition) is 11. The Hall–Kier alpha value is -3.04. The molecule has 1 saturated heterocycles. The number of nitrogens with one attached hydrogen (secondary N) is 2. The molecule has 3 aliphatic heterocycles. The maximum absolute atomic E-state index is 13.4. The molecule has 1 saturated carbocycles. The van der Waals surface area contributed by atoms with E-state index in [2.05, 4.69) is 32.0 Å². The zero-order valence-electron chi connectivity index (χ0n) is 34.1. The molecule has 2 aromatic carbocycles. The molecule has 7 rings (SSSR count). The molecule has 58 heavy (non-hydrogen) atoms. The lowest BCUT2D eigenvalue weighted by Crippen LogP contribution is -2.58. The molecule has 12 nitrogen and oxygen atoms in total. The lowest BCUT2D eigenvalue weighted by molar-refractivity contribution is -0.135. The first kappa shape index (κ1) is 46.0. The molecule has 0 radical (unpaired) electrons. The first-order valence-corrected chi connectivity index (χ1v) is 22.3. The van der Waals surface area contributed by atoms with Crippen molar-refractivity contribution >= 4 is 39.5 Å². The predicted octanol–water partition coefficient (Wildman–Crippen LogP) is 5.66. The van der Waals surface area contributed by atoms with Gasteiger partial charge in [0.25, 0.3) is 5.91 Å². The Bertz CT molecular complexity index is 1850. The van der Waals surface area contributed by atoms with Crippen LogP contribution in [0, 0.1) is 17.8 Å². The molecular weight excluding hydrogens is 780 g/mol. The van der Waals surface area contributed by atoms with Crippen LogP contribution in [0.15, 0.2) is 48.6 Å². The standard InChI is InChI=1S/C34H41ClN2O6S.C9H20N2O2.CH4/c1-22-6-4-15-34(20-38,42-3)29-11-8-26(29)18-37-19-33(14-5-7-24-16-27(35)10-12-28(24)33)21-43-31-13-9-25(17-30(31)37)32(39)36-44(40,41)23(22)2;1-12-5-3-11(4-6-13-2)9-7-10-8-9;/h4,9-10,12-13,15-17,20,22-23,26,29H,5-8,11,14,18-19,21H2,1-3H3,(H,36,39);9-10H,3-8H2,1-2H3;1H4/b15-4+;;/t22-,23+,26-,29+,33-,34+;;/m0../s1. The molecule has 0 unspecified atom stereocenters. The third kappa shape index (κ3) is 9.94. The number of carbonyl (C=O) groups excluding carboxylic acids is 2. The van der Waals surface area contributed by atoms with Gasteiger partial charge in [0.15, 0.2) is 6.29 Å². The first-order valence-electron chi connectivity index (χ1n) is 20.4. The summed E-state index contributed by atoms with van der Waals surface area (Å²) in [5.41, 5.74) is 2.05. The summed E-state index contributed by atoms with van der Waals surface area (Å²) >= 11 is 6.40. The Kier molecular flexibility index (Phi) is 15.9. The number of halogens is 1. The monoisotopic (exact) mass is 844 g/mol. The van der Waals surface area contributed by atoms with Crippen molar-refractivity contribution in [2.75, 3.05) is 85.3 Å². The summed E-state index contributed by atoms with van der Waals surface area (Å²) < 4.78 is 51.5. The Morgan fingerprint density at radius 1 is 1.05 bits per heavy atom. The van der Waals surface area contributed by atoms with Crippen molar-refractivity contribution in [1.29, 1.82) is 0 Å². The minimum absolute atomic E-state index is 0. The van der Waals surface area contributed by atoms with Crippen LogP contribution in [-0.4, -0.2) is 123 Å². The molecule has 2 aliphatic carbocycles. The van der Waals surface area contributed by atoms with E-state index in [0.717, 1.165) is 83.5 Å². The van der Waals surface area contributed by atoms with Crippen molar-refractivity contribution in [3.8, 4) is 5.75 Å². The van der Waals surface area contributed by atoms with Gasteiger partial charge in [-0.25, -0.2) is 13.1 Å². The fourth-order valence-corrected chi connectivity index (χ4v) is 10.6. The summed E-state index contributed by atoms with van der Waals surface area (Å²) in [5.74, 6) is -0.203. The Balaban J connectivity index is 0.000000392. The van der Waals surface area contributed by atoms with E-state index in [1.54, 1.807) is 46.5 Å². The highest BCUT2D eigenvalue weighted by Gasteiger charge is 2.49. The predicted molar refractivity (Wildman–Crippen MR) is 230 cm³/mol. The zero-order chi connectivity index (χ0) is 40.8. The second-order valence-corrected chi connectivity index (χ2v) is 19.0. The van der Waals surface area contributed by atoms with Crippen LogP contribution < -0.4 is 19.7 Å². The summed E-state index contributed by atoms with van der Waals surface area (Å²) in [4.78, 5) is 30.8. The number of amides is 1. The maximum atomic E-state index is 13.4. The van der Waals surface area contributed by atoms with E-state index in [0.29, 0.717) is 42.9 Å². The summed E-state index contributed by atoms with van der Waals surface area (Å²) in [5, 5.41) is 3.15. The molecule has 1 amide bonds. The van der Waals surface area contributed by atoms with E-state index in [-0.39, 0.29) is 36.2 Å². The van der Waals surface area contributed by atoms with Crippen LogP contribution in [0.25, 0.3) is 0 Å². The van der Waals surface area contributed by atoms with Crippen molar-refractivity contribution in [2.45, 2.75) is 82.1 Å². The van der Waals surface area contributed by atoms with Crippen molar-refractivity contribution in [1.82, 2.24) is 14.9 Å². The van der Waals surface area contributed by atoms with Gasteiger partial charge in [0.05, 0.1) is 30.8 Å². The fourth-order valence-electron chi connectivity index (χ4n) is 9.11. The van der Waals surface area contributed by atoms with Crippen molar-refractivity contribution in [3.05, 3.63) is 70.3 Å². The second-order valence-electron chi connectivity index (χ2n) is 16.5. The number of benzene rings is 2. The van der Waals surface area contributed by atoms with Crippen LogP contribution in [0.4, 0.5) is 5.69 Å². The third-order valence-corrected chi connectivity index (χ3v) is 15.3. The van der Waals surface area contributed by atoms with Gasteiger partial charge in [-0.2, -0.15) is 0 Å². The molecule has 1 spiro atoms. The number of nitrogens with zero attached hydrogens (tertiary/aromatic N) is 2. The quantitative estimate of drug-likeness (QED) is 0.239. The number of carbonyl (C=O) groups is 2. The van der Waals surface area contributed by atoms with Crippen LogP contribution in [0.5, 0.6) is 5.75 Å². The van der Waals surface area contributed by atoms with Gasteiger partial charge in [0.2, 0.25) is 10.0 Å². The number of fused-ring (bicyclic) bond motifs is 4. The summed E-state index contributed by atoms with van der Waals surface area (Å²) in [7, 11) is 1.08. The lowest BCUT2D eigenvalue weighted by atomic mass is 9.64. The Labute approximate surface area is 351 Å². The number of hydrogen-bond donors (Lipinski definition) is 2. The third-order valence-electron chi connectivity index (χ3n) is 13.1. The minimum atomic E-state index is -3.97. The molecule has 322 valence electrons. The largest absolute Gasteiger partial charge is 0.490 e. The van der Waals surface area contributed by atoms with Crippen LogP contribution in [0.1, 0.15) is 74.9 Å². The van der Waals surface area contributed by atoms with Crippen LogP contribution in [-0.2, 0) is 40.9 Å². The number of aryl methyl sites for hydroxylation is 1. The molecule has 5 aliphatic rings. The lowest BCUT2D eigenvalue weighted by Gasteiger charge is -2.48. The summed E-state index contributed by atoms with van der Waals surface area (Å²) in [6, 6.07) is 12.0. The Morgan fingerprint density at radius 2 is 1.79 bits per heavy atom. The van der Waals surface area contributed by atoms with Crippen molar-refractivity contribution < 1.29 is 37.0 Å². The highest BCUT2D eigenvalue weighted by molar-refractivity contribution is 7.90. The van der Waals surface area contributed by atoms with Gasteiger partial charge in [0.1, 0.15) is 11.4 Å². The highest BCUT2D eigenvalue weighted by atomic mass is 35.5. The van der Waals surface area contributed by atoms with Crippen molar-refractivity contribution in [3.63, 3.8) is 0 Å². The van der Waals surface area contributed by atoms with E-state index >= 15 is 0 Å². The van der Waals surface area contributed by atoms with E-state index in [1.165, 1.54) is 11.1 Å². The molecule has 2 N–H and O–H groups in total. The molecule has 6 atom stereocenters. The maximum Gasteiger partial charge on any atom is 0.264 e. The number of ether oxygens (including phenoxy) is 4. The van der Waals surface area contributed by atoms with Gasteiger partial charge < -0.3 is 29.2 Å². The van der Waals surface area contributed by atoms with E-state index < -0.39 is 26.8 Å². The van der Waals surface area contributed by atoms with Gasteiger partial charge in [-0.1, -0.05) is 38.1 Å². The number of allylic oxidation sites excluding steroid dienone is 1. The number of rotatable bonds is 9. The summed E-state index contributed by atoms with van der Waals surface area (Å²) in [6.07, 6.45) is 9.65. The number of aldehydes is 1. The van der Waals surface area contributed by atoms with E-state index in [9.17, 15) is 18.0 Å². The summed E-state index contributed by atoms with van der Waals surface area (Å²) in [6.45, 7) is 11.0. The van der Waals surface area contributed by atoms with Gasteiger partial charge in [-0.05, 0) is 105 Å². The number of anilines is 1. The topological polar surface area (TPSA) is 136 Å². The molecular formula is C44H65ClN4O8S. The number of methoxy groups -OCH3 is 3. The SMILES string of the molecule is C.COCCN(CCOC)C1CNC1.CO[C@@]1(C=O)/C=C/C[C@H](C)[C@@H](C)S(=O)(=O)NC(=O)c2ccc3c(c2)N(C[C@@H]2CC[C@H]21)C[C@@]1(CCCc2cc(Cl)ccc21)CO3. The zero-order valence-corrected chi connectivity index (χ0v) is 35.7. The smallest absolute Gasteiger partial charge is 0.264 e. The fraction of sp³-hybridized carbons (Fsp3) is 0.636. The van der Waals surface area contributed by atoms with Crippen molar-refractivity contribution in [2.24, 2.45) is 17.8 Å². The normalized spacial score (nSPS) is 29.7. The first-order chi connectivity index (χ1) is 27.4. The van der Waals surface area contributed by atoms with E-state index in [4.69, 9.17) is 30.5 Å². The molecule has 2 aromatic rings. The molecule has 14 heteroatoms. The number of sulfonamides is 1. The average molecular weight is 846 g/mol. The molecule has 3 heterocycles. The van der Waals surface area contributed by atoms with Crippen LogP contribution in [0.2, 0.25) is 5.02 Å². The Morgan fingerprint density at radius 3 is 2.41 bits per heavy atom. The van der Waals surface area contributed by atoms with E-state index in [1.807, 2.05) is 25.1 Å². The van der Waals surface area contributed by atoms with Gasteiger partial charge in [0, 0.05) is 88.6 Å². The van der Waals surface area contributed by atoms with Gasteiger partial charge in [-0.15, -0.1) is 0 Å². The molecule has 2 bridgehead atoms. The van der Waals surface area contributed by atoms with Gasteiger partial charge >= 0.3 is 0 Å². The van der Waals surface area contributed by atoms with Crippen LogP contribution >= 0.6 is 11.6 Å². The average Bonchev–Trinajstić information content (AvgIpc) is 3.32. The van der Waals surface area contributed by atoms with Crippen LogP contribution in [0.3, 0.4) is 0 Å².